The Bertz CT molecular complexity index is 656. The van der Waals surface area contributed by atoms with E-state index in [1.165, 1.54) is 6.92 Å². The van der Waals surface area contributed by atoms with Crippen molar-refractivity contribution in [3.63, 3.8) is 0 Å². The molecule has 2 atom stereocenters. The number of hydrogen-bond acceptors (Lipinski definition) is 8. The minimum Gasteiger partial charge on any atom is -0.464 e. The number of nitroso groups, excluding NO2 is 1. The first-order valence-electron chi connectivity index (χ1n) is 11.5. The number of carbonyl (C=O) groups is 1. The molecule has 0 spiro atoms. The molecule has 176 valence electrons. The van der Waals surface area contributed by atoms with Crippen LogP contribution in [-0.2, 0) is 16.1 Å². The van der Waals surface area contributed by atoms with Gasteiger partial charge in [-0.15, -0.1) is 0 Å². The van der Waals surface area contributed by atoms with Gasteiger partial charge in [-0.3, -0.25) is 9.69 Å². The monoisotopic (exact) mass is 436 g/mol. The van der Waals surface area contributed by atoms with Crippen LogP contribution in [0.3, 0.4) is 0 Å². The lowest BCUT2D eigenvalue weighted by Crippen LogP contribution is -2.47. The number of aliphatic hydroxyl groups is 1. The van der Waals surface area contributed by atoms with E-state index in [2.05, 4.69) is 15.4 Å². The van der Waals surface area contributed by atoms with Crippen molar-refractivity contribution >= 4 is 17.3 Å². The van der Waals surface area contributed by atoms with E-state index in [1.54, 1.807) is 6.07 Å². The van der Waals surface area contributed by atoms with Gasteiger partial charge in [-0.1, -0.05) is 31.9 Å². The first-order chi connectivity index (χ1) is 15.0. The third-order valence-electron chi connectivity index (χ3n) is 5.34. The molecular formula is C23H40N4O4. The molecule has 1 aliphatic rings. The second-order valence-corrected chi connectivity index (χ2v) is 7.72. The summed E-state index contributed by atoms with van der Waals surface area (Å²) >= 11 is 0. The highest BCUT2D eigenvalue weighted by Crippen LogP contribution is 2.21. The first kappa shape index (κ1) is 26.8. The molecule has 1 heterocycles. The highest BCUT2D eigenvalue weighted by molar-refractivity contribution is 5.65. The number of piperidine rings is 1. The zero-order chi connectivity index (χ0) is 23.1. The maximum atomic E-state index is 11.1. The molecule has 0 saturated carbocycles. The second kappa shape index (κ2) is 15.6. The number of hydrogen-bond donors (Lipinski definition) is 3. The molecule has 0 amide bonds. The SMILES string of the molecule is CC.CC(=O)OCC1CC(O)CCN1CCCCCCNc1ccc(N)cc1CN=O. The van der Waals surface area contributed by atoms with Crippen LogP contribution in [0, 0.1) is 4.91 Å². The van der Waals surface area contributed by atoms with Crippen LogP contribution in [0.15, 0.2) is 23.4 Å². The van der Waals surface area contributed by atoms with Crippen molar-refractivity contribution in [1.82, 2.24) is 4.90 Å². The largest absolute Gasteiger partial charge is 0.464 e. The molecule has 0 bridgehead atoms. The second-order valence-electron chi connectivity index (χ2n) is 7.72. The zero-order valence-corrected chi connectivity index (χ0v) is 19.3. The fourth-order valence-electron chi connectivity index (χ4n) is 3.76. The van der Waals surface area contributed by atoms with E-state index in [1.807, 2.05) is 26.0 Å². The molecule has 1 aliphatic heterocycles. The number of nitrogens with zero attached hydrogens (tertiary/aromatic N) is 2. The summed E-state index contributed by atoms with van der Waals surface area (Å²) in [4.78, 5) is 24.0. The normalized spacial score (nSPS) is 18.6. The Balaban J connectivity index is 0.00000233. The summed E-state index contributed by atoms with van der Waals surface area (Å²) in [7, 11) is 0. The van der Waals surface area contributed by atoms with E-state index in [9.17, 15) is 14.8 Å². The summed E-state index contributed by atoms with van der Waals surface area (Å²) < 4.78 is 5.16. The average Bonchev–Trinajstić information content (AvgIpc) is 2.75. The zero-order valence-electron chi connectivity index (χ0n) is 19.3. The Labute approximate surface area is 186 Å². The average molecular weight is 437 g/mol. The van der Waals surface area contributed by atoms with Gasteiger partial charge in [-0.2, -0.15) is 4.91 Å². The fraction of sp³-hybridized carbons (Fsp3) is 0.696. The van der Waals surface area contributed by atoms with Gasteiger partial charge in [0.15, 0.2) is 0 Å². The summed E-state index contributed by atoms with van der Waals surface area (Å²) in [6, 6.07) is 5.60. The molecule has 31 heavy (non-hydrogen) atoms. The van der Waals surface area contributed by atoms with E-state index in [0.717, 1.165) is 63.0 Å². The lowest BCUT2D eigenvalue weighted by Gasteiger charge is -2.37. The van der Waals surface area contributed by atoms with Crippen molar-refractivity contribution in [3.8, 4) is 0 Å². The van der Waals surface area contributed by atoms with Gasteiger partial charge >= 0.3 is 5.97 Å². The Hall–Kier alpha value is -2.19. The number of ether oxygens (including phenoxy) is 1. The highest BCUT2D eigenvalue weighted by Gasteiger charge is 2.27. The quantitative estimate of drug-likeness (QED) is 0.197. The number of benzene rings is 1. The third kappa shape index (κ3) is 10.6. The van der Waals surface area contributed by atoms with Gasteiger partial charge in [0.2, 0.25) is 0 Å². The molecule has 8 heteroatoms. The van der Waals surface area contributed by atoms with Gasteiger partial charge in [0.1, 0.15) is 13.2 Å². The van der Waals surface area contributed by atoms with E-state index in [4.69, 9.17) is 10.5 Å². The molecular weight excluding hydrogens is 396 g/mol. The van der Waals surface area contributed by atoms with Gasteiger partial charge in [-0.05, 0) is 50.4 Å². The van der Waals surface area contributed by atoms with E-state index >= 15 is 0 Å². The maximum absolute atomic E-state index is 11.1. The van der Waals surface area contributed by atoms with Crippen molar-refractivity contribution in [2.45, 2.75) is 78.0 Å². The number of likely N-dealkylation sites (tertiary alicyclic amines) is 1. The topological polar surface area (TPSA) is 117 Å². The lowest BCUT2D eigenvalue weighted by atomic mass is 9.99. The number of nitrogen functional groups attached to an aromatic ring is 1. The summed E-state index contributed by atoms with van der Waals surface area (Å²) in [5.74, 6) is -0.273. The smallest absolute Gasteiger partial charge is 0.302 e. The molecule has 1 aromatic rings. The van der Waals surface area contributed by atoms with Crippen LogP contribution in [0.2, 0.25) is 0 Å². The van der Waals surface area contributed by atoms with Crippen LogP contribution in [0.4, 0.5) is 11.4 Å². The first-order valence-corrected chi connectivity index (χ1v) is 11.5. The van der Waals surface area contributed by atoms with Crippen molar-refractivity contribution in [2.24, 2.45) is 5.18 Å². The number of esters is 1. The van der Waals surface area contributed by atoms with Crippen LogP contribution in [0.1, 0.15) is 64.9 Å². The van der Waals surface area contributed by atoms with Gasteiger partial charge in [-0.25, -0.2) is 0 Å². The van der Waals surface area contributed by atoms with Crippen molar-refractivity contribution < 1.29 is 14.6 Å². The number of anilines is 2. The number of carbonyl (C=O) groups excluding carboxylic acids is 1. The summed E-state index contributed by atoms with van der Waals surface area (Å²) in [6.07, 6.45) is 5.48. The molecule has 0 radical (unpaired) electrons. The summed E-state index contributed by atoms with van der Waals surface area (Å²) in [5, 5.41) is 16.2. The van der Waals surface area contributed by atoms with Gasteiger partial charge in [0, 0.05) is 43.0 Å². The van der Waals surface area contributed by atoms with Gasteiger partial charge < -0.3 is 20.9 Å². The van der Waals surface area contributed by atoms with Crippen molar-refractivity contribution in [2.75, 3.05) is 37.3 Å². The van der Waals surface area contributed by atoms with Crippen LogP contribution >= 0.6 is 0 Å². The number of unbranched alkanes of at least 4 members (excludes halogenated alkanes) is 3. The molecule has 0 aliphatic carbocycles. The number of aliphatic hydroxyl groups excluding tert-OH is 1. The van der Waals surface area contributed by atoms with Crippen molar-refractivity contribution in [1.29, 1.82) is 0 Å². The van der Waals surface area contributed by atoms with Crippen LogP contribution < -0.4 is 11.1 Å². The molecule has 2 unspecified atom stereocenters. The number of nitrogens with two attached hydrogens (primary N) is 1. The Kier molecular flexibility index (Phi) is 13.5. The van der Waals surface area contributed by atoms with Crippen LogP contribution in [0.5, 0.6) is 0 Å². The minimum atomic E-state index is -0.300. The predicted octanol–water partition coefficient (Wildman–Crippen LogP) is 3.92. The minimum absolute atomic E-state index is 0.111. The molecule has 4 N–H and O–H groups in total. The van der Waals surface area contributed by atoms with E-state index in [-0.39, 0.29) is 24.7 Å². The molecule has 1 aromatic carbocycles. The maximum Gasteiger partial charge on any atom is 0.302 e. The third-order valence-corrected chi connectivity index (χ3v) is 5.34. The molecule has 2 rings (SSSR count). The van der Waals surface area contributed by atoms with Gasteiger partial charge in [0.25, 0.3) is 0 Å². The molecule has 0 aromatic heterocycles. The van der Waals surface area contributed by atoms with E-state index in [0.29, 0.717) is 18.7 Å². The van der Waals surface area contributed by atoms with Crippen LogP contribution in [-0.4, -0.2) is 54.4 Å². The summed E-state index contributed by atoms with van der Waals surface area (Å²) in [6.45, 7) is 8.53. The van der Waals surface area contributed by atoms with Crippen LogP contribution in [0.25, 0.3) is 0 Å². The lowest BCUT2D eigenvalue weighted by molar-refractivity contribution is -0.143. The van der Waals surface area contributed by atoms with E-state index < -0.39 is 0 Å². The predicted molar refractivity (Wildman–Crippen MR) is 126 cm³/mol. The highest BCUT2D eigenvalue weighted by atomic mass is 16.5. The number of nitrogens with one attached hydrogen (secondary N) is 1. The fourth-order valence-corrected chi connectivity index (χ4v) is 3.76. The Morgan fingerprint density at radius 2 is 2.03 bits per heavy atom. The number of rotatable bonds is 12. The molecule has 8 nitrogen and oxygen atoms in total. The molecule has 1 saturated heterocycles. The molecule has 1 fully saturated rings. The Morgan fingerprint density at radius 1 is 1.29 bits per heavy atom. The standard InChI is InChI=1S/C21H34N4O4.C2H6/c1-16(26)29-15-19-13-20(27)8-11-25(19)10-5-3-2-4-9-23-21-7-6-18(22)12-17(21)14-24-28;1-2/h6-7,12,19-20,23,27H,2-5,8-11,13-15,22H2,1H3;1-2H3. The van der Waals surface area contributed by atoms with Crippen molar-refractivity contribution in [3.05, 3.63) is 28.7 Å². The summed E-state index contributed by atoms with van der Waals surface area (Å²) in [5.41, 5.74) is 8.14. The van der Waals surface area contributed by atoms with Gasteiger partial charge in [0.05, 0.1) is 6.10 Å². The Morgan fingerprint density at radius 3 is 2.74 bits per heavy atom.